The van der Waals surface area contributed by atoms with Crippen molar-refractivity contribution in [2.75, 3.05) is 0 Å². The summed E-state index contributed by atoms with van der Waals surface area (Å²) in [6.45, 7) is 1.97. The van der Waals surface area contributed by atoms with Crippen molar-refractivity contribution in [3.05, 3.63) is 50.7 Å². The number of hydrogen-bond acceptors (Lipinski definition) is 3. The number of aromatic nitrogens is 1. The van der Waals surface area contributed by atoms with E-state index in [2.05, 4.69) is 36.8 Å². The molecule has 0 aliphatic carbocycles. The maximum absolute atomic E-state index is 8.97. The second kappa shape index (κ2) is 5.51. The Morgan fingerprint density at radius 3 is 2.72 bits per heavy atom. The number of halogens is 2. The lowest BCUT2D eigenvalue weighted by molar-refractivity contribution is 0.477. The minimum atomic E-state index is 0.263. The van der Waals surface area contributed by atoms with Gasteiger partial charge in [-0.25, -0.2) is 4.98 Å². The van der Waals surface area contributed by atoms with E-state index in [0.29, 0.717) is 11.5 Å². The van der Waals surface area contributed by atoms with Gasteiger partial charge in [0.1, 0.15) is 11.8 Å². The van der Waals surface area contributed by atoms with E-state index < -0.39 is 0 Å². The quantitative estimate of drug-likeness (QED) is 0.780. The van der Waals surface area contributed by atoms with E-state index in [1.165, 1.54) is 0 Å². The van der Waals surface area contributed by atoms with Crippen LogP contribution in [0.1, 0.15) is 11.3 Å². The topological polar surface area (TPSA) is 45.9 Å². The van der Waals surface area contributed by atoms with Crippen molar-refractivity contribution in [2.24, 2.45) is 0 Å². The van der Waals surface area contributed by atoms with E-state index >= 15 is 0 Å². The standard InChI is InChI=1S/C13H8Br2N2O/c1-8-4-10(2-3-11(8)15)18-13-5-9(14)7-17-12(13)6-16/h2-5,7H,1H3. The third-order valence-electron chi connectivity index (χ3n) is 2.28. The van der Waals surface area contributed by atoms with Gasteiger partial charge in [0.15, 0.2) is 11.4 Å². The van der Waals surface area contributed by atoms with E-state index in [0.717, 1.165) is 14.5 Å². The molecule has 0 unspecified atom stereocenters. The van der Waals surface area contributed by atoms with Crippen LogP contribution >= 0.6 is 31.9 Å². The lowest BCUT2D eigenvalue weighted by atomic mass is 10.2. The maximum Gasteiger partial charge on any atom is 0.183 e. The lowest BCUT2D eigenvalue weighted by Crippen LogP contribution is -1.92. The summed E-state index contributed by atoms with van der Waals surface area (Å²) in [5.74, 6) is 1.11. The molecule has 1 aromatic heterocycles. The van der Waals surface area contributed by atoms with Gasteiger partial charge in [0.25, 0.3) is 0 Å². The molecule has 0 aliphatic rings. The number of pyridine rings is 1. The fraction of sp³-hybridized carbons (Fsp3) is 0.0769. The Bertz CT molecular complexity index is 635. The van der Waals surface area contributed by atoms with Crippen LogP contribution < -0.4 is 4.74 Å². The van der Waals surface area contributed by atoms with Crippen LogP contribution in [0, 0.1) is 18.3 Å². The Hall–Kier alpha value is -1.38. The smallest absolute Gasteiger partial charge is 0.183 e. The molecule has 0 saturated heterocycles. The summed E-state index contributed by atoms with van der Waals surface area (Å²) >= 11 is 6.73. The van der Waals surface area contributed by atoms with Crippen molar-refractivity contribution in [1.82, 2.24) is 4.98 Å². The Balaban J connectivity index is 2.36. The molecule has 0 saturated carbocycles. The summed E-state index contributed by atoms with van der Waals surface area (Å²) in [7, 11) is 0. The zero-order chi connectivity index (χ0) is 13.1. The Morgan fingerprint density at radius 1 is 1.28 bits per heavy atom. The first-order valence-corrected chi connectivity index (χ1v) is 6.68. The second-order valence-electron chi connectivity index (χ2n) is 3.63. The maximum atomic E-state index is 8.97. The Morgan fingerprint density at radius 2 is 2.06 bits per heavy atom. The van der Waals surface area contributed by atoms with Gasteiger partial charge in [0, 0.05) is 15.1 Å². The highest BCUT2D eigenvalue weighted by atomic mass is 79.9. The molecule has 90 valence electrons. The second-order valence-corrected chi connectivity index (χ2v) is 5.40. The van der Waals surface area contributed by atoms with Crippen molar-refractivity contribution in [3.63, 3.8) is 0 Å². The van der Waals surface area contributed by atoms with Crippen LogP contribution in [0.5, 0.6) is 11.5 Å². The summed E-state index contributed by atoms with van der Waals surface area (Å²) in [6.07, 6.45) is 1.57. The largest absolute Gasteiger partial charge is 0.454 e. The molecule has 3 nitrogen and oxygen atoms in total. The Kier molecular flexibility index (Phi) is 4.00. The highest BCUT2D eigenvalue weighted by Crippen LogP contribution is 2.29. The number of nitrogens with zero attached hydrogens (tertiary/aromatic N) is 2. The minimum Gasteiger partial charge on any atom is -0.454 e. The SMILES string of the molecule is Cc1cc(Oc2cc(Br)cnc2C#N)ccc1Br. The van der Waals surface area contributed by atoms with Crippen LogP contribution in [0.3, 0.4) is 0 Å². The van der Waals surface area contributed by atoms with Crippen molar-refractivity contribution >= 4 is 31.9 Å². The normalized spacial score (nSPS) is 9.89. The molecule has 0 spiro atoms. The number of aryl methyl sites for hydroxylation is 1. The van der Waals surface area contributed by atoms with Crippen molar-refractivity contribution in [1.29, 1.82) is 5.26 Å². The van der Waals surface area contributed by atoms with Gasteiger partial charge in [-0.1, -0.05) is 15.9 Å². The van der Waals surface area contributed by atoms with E-state index in [-0.39, 0.29) is 5.69 Å². The first-order valence-electron chi connectivity index (χ1n) is 5.10. The van der Waals surface area contributed by atoms with Gasteiger partial charge in [0.2, 0.25) is 0 Å². The lowest BCUT2D eigenvalue weighted by Gasteiger charge is -2.08. The summed E-state index contributed by atoms with van der Waals surface area (Å²) in [5, 5.41) is 8.97. The molecule has 0 amide bonds. The molecule has 2 aromatic rings. The first kappa shape index (κ1) is 13.1. The zero-order valence-electron chi connectivity index (χ0n) is 9.45. The molecule has 18 heavy (non-hydrogen) atoms. The van der Waals surface area contributed by atoms with Crippen LogP contribution in [-0.2, 0) is 0 Å². The van der Waals surface area contributed by atoms with Crippen molar-refractivity contribution in [2.45, 2.75) is 6.92 Å². The fourth-order valence-electron chi connectivity index (χ4n) is 1.39. The van der Waals surface area contributed by atoms with Crippen LogP contribution in [0.15, 0.2) is 39.4 Å². The van der Waals surface area contributed by atoms with Crippen molar-refractivity contribution < 1.29 is 4.74 Å². The molecule has 0 aliphatic heterocycles. The summed E-state index contributed by atoms with van der Waals surface area (Å²) < 4.78 is 7.47. The van der Waals surface area contributed by atoms with E-state index in [9.17, 15) is 0 Å². The summed E-state index contributed by atoms with van der Waals surface area (Å²) in [4.78, 5) is 3.99. The van der Waals surface area contributed by atoms with Crippen LogP contribution in [0.4, 0.5) is 0 Å². The zero-order valence-corrected chi connectivity index (χ0v) is 12.6. The number of ether oxygens (including phenoxy) is 1. The predicted octanol–water partition coefficient (Wildman–Crippen LogP) is 4.58. The van der Waals surface area contributed by atoms with Gasteiger partial charge in [0.05, 0.1) is 0 Å². The van der Waals surface area contributed by atoms with Crippen molar-refractivity contribution in [3.8, 4) is 17.6 Å². The van der Waals surface area contributed by atoms with Crippen LogP contribution in [0.2, 0.25) is 0 Å². The fourth-order valence-corrected chi connectivity index (χ4v) is 1.95. The van der Waals surface area contributed by atoms with E-state index in [1.807, 2.05) is 31.2 Å². The molecule has 0 radical (unpaired) electrons. The third-order valence-corrected chi connectivity index (χ3v) is 3.61. The third kappa shape index (κ3) is 2.89. The molecule has 0 atom stereocenters. The van der Waals surface area contributed by atoms with E-state index in [1.54, 1.807) is 12.3 Å². The molecule has 1 aromatic carbocycles. The molecule has 0 N–H and O–H groups in total. The van der Waals surface area contributed by atoms with Gasteiger partial charge in [-0.15, -0.1) is 0 Å². The van der Waals surface area contributed by atoms with Gasteiger partial charge in [-0.2, -0.15) is 5.26 Å². The predicted molar refractivity (Wildman–Crippen MR) is 75.6 cm³/mol. The Labute approximate surface area is 122 Å². The number of hydrogen-bond donors (Lipinski definition) is 0. The average Bonchev–Trinajstić information content (AvgIpc) is 2.34. The number of rotatable bonds is 2. The monoisotopic (exact) mass is 366 g/mol. The molecular formula is C13H8Br2N2O. The molecular weight excluding hydrogens is 360 g/mol. The van der Waals surface area contributed by atoms with Crippen LogP contribution in [-0.4, -0.2) is 4.98 Å². The molecule has 1 heterocycles. The highest BCUT2D eigenvalue weighted by Gasteiger charge is 2.07. The molecule has 5 heteroatoms. The first-order chi connectivity index (χ1) is 8.60. The average molecular weight is 368 g/mol. The van der Waals surface area contributed by atoms with E-state index in [4.69, 9.17) is 10.00 Å². The number of benzene rings is 1. The molecule has 0 fully saturated rings. The summed E-state index contributed by atoms with van der Waals surface area (Å²) in [6, 6.07) is 9.36. The molecule has 0 bridgehead atoms. The van der Waals surface area contributed by atoms with Gasteiger partial charge < -0.3 is 4.74 Å². The van der Waals surface area contributed by atoms with Crippen LogP contribution in [0.25, 0.3) is 0 Å². The van der Waals surface area contributed by atoms with Gasteiger partial charge in [-0.05, 0) is 52.7 Å². The van der Waals surface area contributed by atoms with Gasteiger partial charge >= 0.3 is 0 Å². The number of nitriles is 1. The molecule has 2 rings (SSSR count). The van der Waals surface area contributed by atoms with Gasteiger partial charge in [-0.3, -0.25) is 0 Å². The minimum absolute atomic E-state index is 0.263. The highest BCUT2D eigenvalue weighted by molar-refractivity contribution is 9.10. The summed E-state index contributed by atoms with van der Waals surface area (Å²) in [5.41, 5.74) is 1.33.